The summed E-state index contributed by atoms with van der Waals surface area (Å²) in [5.74, 6) is 0. The molecule has 0 amide bonds. The monoisotopic (exact) mass is 376 g/mol. The lowest BCUT2D eigenvalue weighted by Gasteiger charge is -2.37. The molecule has 0 spiro atoms. The number of nitrogens with zero attached hydrogens (tertiary/aromatic N) is 1. The summed E-state index contributed by atoms with van der Waals surface area (Å²) in [6.07, 6.45) is 1.81. The van der Waals surface area contributed by atoms with Crippen LogP contribution in [0.2, 0.25) is 5.02 Å². The largest absolute Gasteiger partial charge is 0.344 e. The summed E-state index contributed by atoms with van der Waals surface area (Å²) in [5, 5.41) is 7.21. The van der Waals surface area contributed by atoms with Crippen molar-refractivity contribution in [3.8, 4) is 0 Å². The van der Waals surface area contributed by atoms with Gasteiger partial charge >= 0.3 is 0 Å². The molecule has 2 nitrogen and oxygen atoms in total. The molecular formula is C22H17ClN2S. The van der Waals surface area contributed by atoms with Gasteiger partial charge in [-0.3, -0.25) is 0 Å². The molecule has 0 aliphatic heterocycles. The molecule has 0 fully saturated rings. The smallest absolute Gasteiger partial charge is 0.183 e. The van der Waals surface area contributed by atoms with Crippen LogP contribution in [0.4, 0.5) is 5.13 Å². The van der Waals surface area contributed by atoms with Gasteiger partial charge < -0.3 is 5.32 Å². The molecule has 0 saturated carbocycles. The summed E-state index contributed by atoms with van der Waals surface area (Å²) in [6, 6.07) is 28.7. The van der Waals surface area contributed by atoms with Crippen LogP contribution >= 0.6 is 22.9 Å². The molecule has 0 saturated heterocycles. The summed E-state index contributed by atoms with van der Waals surface area (Å²) in [4.78, 5) is 4.47. The number of halogens is 1. The summed E-state index contributed by atoms with van der Waals surface area (Å²) < 4.78 is 0. The van der Waals surface area contributed by atoms with Crippen LogP contribution in [-0.4, -0.2) is 4.98 Å². The van der Waals surface area contributed by atoms with Crippen LogP contribution in [0.3, 0.4) is 0 Å². The molecule has 4 rings (SSSR count). The van der Waals surface area contributed by atoms with Crippen LogP contribution in [-0.2, 0) is 5.54 Å². The van der Waals surface area contributed by atoms with Crippen molar-refractivity contribution in [3.63, 3.8) is 0 Å². The number of thiazole rings is 1. The van der Waals surface area contributed by atoms with Crippen LogP contribution in [0.5, 0.6) is 0 Å². The van der Waals surface area contributed by atoms with Gasteiger partial charge in [-0.1, -0.05) is 90.5 Å². The third kappa shape index (κ3) is 3.00. The predicted molar refractivity (Wildman–Crippen MR) is 110 cm³/mol. The first-order valence-electron chi connectivity index (χ1n) is 8.34. The Hall–Kier alpha value is -2.62. The molecule has 0 aliphatic carbocycles. The van der Waals surface area contributed by atoms with Crippen molar-refractivity contribution in [2.45, 2.75) is 5.54 Å². The fourth-order valence-corrected chi connectivity index (χ4v) is 4.14. The van der Waals surface area contributed by atoms with Gasteiger partial charge in [-0.05, 0) is 17.2 Å². The SMILES string of the molecule is Clc1ccccc1C(Nc1nccs1)(c1ccccc1)c1ccccc1. The number of rotatable bonds is 5. The Morgan fingerprint density at radius 2 is 1.35 bits per heavy atom. The second-order valence-electron chi connectivity index (χ2n) is 5.92. The Morgan fingerprint density at radius 1 is 0.769 bits per heavy atom. The van der Waals surface area contributed by atoms with E-state index in [2.05, 4.69) is 40.6 Å². The number of nitrogens with one attached hydrogen (secondary N) is 1. The van der Waals surface area contributed by atoms with Crippen LogP contribution in [0.15, 0.2) is 96.5 Å². The maximum atomic E-state index is 6.69. The van der Waals surface area contributed by atoms with E-state index in [9.17, 15) is 0 Å². The van der Waals surface area contributed by atoms with Crippen molar-refractivity contribution in [1.29, 1.82) is 0 Å². The zero-order valence-corrected chi connectivity index (χ0v) is 15.5. The third-order valence-corrected chi connectivity index (χ3v) is 5.44. The molecule has 4 heteroatoms. The van der Waals surface area contributed by atoms with E-state index in [4.69, 9.17) is 11.6 Å². The van der Waals surface area contributed by atoms with Crippen molar-refractivity contribution in [3.05, 3.63) is 118 Å². The van der Waals surface area contributed by atoms with E-state index in [-0.39, 0.29) is 0 Å². The molecule has 0 unspecified atom stereocenters. The van der Waals surface area contributed by atoms with E-state index in [1.807, 2.05) is 60.0 Å². The molecule has 0 radical (unpaired) electrons. The van der Waals surface area contributed by atoms with Gasteiger partial charge in [-0.25, -0.2) is 4.98 Å². The normalized spacial score (nSPS) is 11.3. The maximum Gasteiger partial charge on any atom is 0.183 e. The first-order valence-corrected chi connectivity index (χ1v) is 9.60. The van der Waals surface area contributed by atoms with Crippen LogP contribution < -0.4 is 5.32 Å². The molecule has 0 aliphatic rings. The first kappa shape index (κ1) is 16.8. The second kappa shape index (κ2) is 7.32. The minimum Gasteiger partial charge on any atom is -0.344 e. The molecule has 3 aromatic carbocycles. The predicted octanol–water partition coefficient (Wildman–Crippen LogP) is 6.20. The number of anilines is 1. The summed E-state index contributed by atoms with van der Waals surface area (Å²) in [5.41, 5.74) is 2.57. The van der Waals surface area contributed by atoms with Gasteiger partial charge in [-0.15, -0.1) is 11.3 Å². The lowest BCUT2D eigenvalue weighted by atomic mass is 9.77. The highest BCUT2D eigenvalue weighted by atomic mass is 35.5. The van der Waals surface area contributed by atoms with Gasteiger partial charge in [0.1, 0.15) is 5.54 Å². The van der Waals surface area contributed by atoms with Crippen molar-refractivity contribution in [2.75, 3.05) is 5.32 Å². The maximum absolute atomic E-state index is 6.69. The number of hydrogen-bond donors (Lipinski definition) is 1. The fraction of sp³-hybridized carbons (Fsp3) is 0.0455. The van der Waals surface area contributed by atoms with E-state index >= 15 is 0 Å². The number of benzene rings is 3. The second-order valence-corrected chi connectivity index (χ2v) is 7.23. The Balaban J connectivity index is 2.05. The Labute approximate surface area is 162 Å². The van der Waals surface area contributed by atoms with Gasteiger partial charge in [-0.2, -0.15) is 0 Å². The minimum absolute atomic E-state index is 0.640. The van der Waals surface area contributed by atoms with Gasteiger partial charge in [0, 0.05) is 22.2 Å². The average molecular weight is 377 g/mol. The quantitative estimate of drug-likeness (QED) is 0.419. The van der Waals surface area contributed by atoms with Gasteiger partial charge in [0.2, 0.25) is 0 Å². The molecule has 26 heavy (non-hydrogen) atoms. The molecule has 0 atom stereocenters. The minimum atomic E-state index is -0.640. The van der Waals surface area contributed by atoms with Gasteiger partial charge in [0.05, 0.1) is 0 Å². The molecule has 4 aromatic rings. The zero-order chi connectivity index (χ0) is 17.8. The molecule has 1 heterocycles. The van der Waals surface area contributed by atoms with Crippen LogP contribution in [0, 0.1) is 0 Å². The van der Waals surface area contributed by atoms with Crippen molar-refractivity contribution in [1.82, 2.24) is 4.98 Å². The summed E-state index contributed by atoms with van der Waals surface area (Å²) in [6.45, 7) is 0. The Morgan fingerprint density at radius 3 is 1.88 bits per heavy atom. The Kier molecular flexibility index (Phi) is 4.74. The first-order chi connectivity index (χ1) is 12.8. The van der Waals surface area contributed by atoms with Crippen molar-refractivity contribution in [2.24, 2.45) is 0 Å². The Bertz CT molecular complexity index is 930. The van der Waals surface area contributed by atoms with Crippen molar-refractivity contribution >= 4 is 28.1 Å². The molecule has 128 valence electrons. The fourth-order valence-electron chi connectivity index (χ4n) is 3.28. The van der Waals surface area contributed by atoms with Gasteiger partial charge in [0.25, 0.3) is 0 Å². The highest BCUT2D eigenvalue weighted by Gasteiger charge is 2.38. The number of aromatic nitrogens is 1. The molecular weight excluding hydrogens is 360 g/mol. The van der Waals surface area contributed by atoms with E-state index in [0.29, 0.717) is 5.02 Å². The van der Waals surface area contributed by atoms with Crippen LogP contribution in [0.25, 0.3) is 0 Å². The number of hydrogen-bond acceptors (Lipinski definition) is 3. The van der Waals surface area contributed by atoms with E-state index in [1.165, 1.54) is 0 Å². The standard InChI is InChI=1S/C22H17ClN2S/c23-20-14-8-7-13-19(20)22(17-9-3-1-4-10-17,18-11-5-2-6-12-18)25-21-24-15-16-26-21/h1-16H,(H,24,25). The molecule has 1 N–H and O–H groups in total. The third-order valence-electron chi connectivity index (χ3n) is 4.42. The average Bonchev–Trinajstić information content (AvgIpc) is 3.21. The van der Waals surface area contributed by atoms with E-state index in [0.717, 1.165) is 21.8 Å². The van der Waals surface area contributed by atoms with E-state index < -0.39 is 5.54 Å². The molecule has 0 bridgehead atoms. The summed E-state index contributed by atoms with van der Waals surface area (Å²) in [7, 11) is 0. The highest BCUT2D eigenvalue weighted by molar-refractivity contribution is 7.13. The van der Waals surface area contributed by atoms with Gasteiger partial charge in [0.15, 0.2) is 5.13 Å². The molecule has 1 aromatic heterocycles. The van der Waals surface area contributed by atoms with Crippen molar-refractivity contribution < 1.29 is 0 Å². The van der Waals surface area contributed by atoms with E-state index in [1.54, 1.807) is 17.5 Å². The lowest BCUT2D eigenvalue weighted by molar-refractivity contribution is 0.711. The zero-order valence-electron chi connectivity index (χ0n) is 14.0. The highest BCUT2D eigenvalue weighted by Crippen LogP contribution is 2.42. The summed E-state index contributed by atoms with van der Waals surface area (Å²) >= 11 is 8.27. The van der Waals surface area contributed by atoms with Crippen LogP contribution in [0.1, 0.15) is 16.7 Å². The topological polar surface area (TPSA) is 24.9 Å². The lowest BCUT2D eigenvalue weighted by Crippen LogP contribution is -2.38.